The van der Waals surface area contributed by atoms with Crippen LogP contribution >= 0.6 is 0 Å². The van der Waals surface area contributed by atoms with E-state index in [9.17, 15) is 10.1 Å². The summed E-state index contributed by atoms with van der Waals surface area (Å²) in [6, 6.07) is 6.71. The van der Waals surface area contributed by atoms with E-state index in [0.29, 0.717) is 5.92 Å². The van der Waals surface area contributed by atoms with Crippen molar-refractivity contribution in [3.63, 3.8) is 0 Å². The molecular formula is C12H14N4O2. The minimum absolute atomic E-state index is 0.120. The van der Waals surface area contributed by atoms with Gasteiger partial charge in [-0.15, -0.1) is 0 Å². The van der Waals surface area contributed by atoms with Gasteiger partial charge >= 0.3 is 0 Å². The summed E-state index contributed by atoms with van der Waals surface area (Å²) in [5.74, 6) is 0.302. The summed E-state index contributed by atoms with van der Waals surface area (Å²) in [6.45, 7) is 2.09. The molecule has 0 bridgehead atoms. The van der Waals surface area contributed by atoms with Gasteiger partial charge in [0.1, 0.15) is 0 Å². The molecule has 2 rings (SSSR count). The average Bonchev–Trinajstić information content (AvgIpc) is 2.89. The molecule has 94 valence electrons. The highest BCUT2D eigenvalue weighted by molar-refractivity contribution is 5.34. The number of non-ortho nitro benzene ring substituents is 1. The minimum Gasteiger partial charge on any atom is -0.258 e. The number of hydrogen-bond acceptors (Lipinski definition) is 4. The van der Waals surface area contributed by atoms with Crippen LogP contribution in [-0.2, 0) is 6.42 Å². The summed E-state index contributed by atoms with van der Waals surface area (Å²) < 4.78 is 0. The Morgan fingerprint density at radius 3 is 2.61 bits per heavy atom. The molecule has 0 saturated heterocycles. The first-order chi connectivity index (χ1) is 8.70. The maximum Gasteiger partial charge on any atom is 0.269 e. The third-order valence-corrected chi connectivity index (χ3v) is 2.99. The lowest BCUT2D eigenvalue weighted by Crippen LogP contribution is -2.02. The number of nitrogens with one attached hydrogen (secondary N) is 1. The first-order valence-electron chi connectivity index (χ1n) is 5.79. The van der Waals surface area contributed by atoms with Gasteiger partial charge in [-0.1, -0.05) is 19.1 Å². The molecule has 2 aromatic rings. The van der Waals surface area contributed by atoms with Crippen LogP contribution < -0.4 is 0 Å². The number of hydrogen-bond donors (Lipinski definition) is 1. The Bertz CT molecular complexity index is 507. The van der Waals surface area contributed by atoms with Gasteiger partial charge in [-0.25, -0.2) is 0 Å². The number of benzene rings is 1. The van der Waals surface area contributed by atoms with E-state index in [4.69, 9.17) is 0 Å². The molecule has 1 aromatic carbocycles. The Morgan fingerprint density at radius 2 is 2.11 bits per heavy atom. The van der Waals surface area contributed by atoms with Crippen molar-refractivity contribution in [3.8, 4) is 0 Å². The van der Waals surface area contributed by atoms with Crippen LogP contribution in [0.3, 0.4) is 0 Å². The molecule has 0 spiro atoms. The summed E-state index contributed by atoms with van der Waals surface area (Å²) in [4.78, 5) is 10.2. The van der Waals surface area contributed by atoms with Crippen molar-refractivity contribution in [2.45, 2.75) is 25.7 Å². The fraction of sp³-hybridized carbons (Fsp3) is 0.333. The largest absolute Gasteiger partial charge is 0.269 e. The van der Waals surface area contributed by atoms with Crippen molar-refractivity contribution in [2.75, 3.05) is 0 Å². The summed E-state index contributed by atoms with van der Waals surface area (Å²) in [6.07, 6.45) is 3.43. The topological polar surface area (TPSA) is 84.7 Å². The zero-order chi connectivity index (χ0) is 13.0. The van der Waals surface area contributed by atoms with Gasteiger partial charge in [0.2, 0.25) is 0 Å². The van der Waals surface area contributed by atoms with Gasteiger partial charge in [0.15, 0.2) is 0 Å². The van der Waals surface area contributed by atoms with E-state index in [2.05, 4.69) is 22.3 Å². The molecule has 1 heterocycles. The molecule has 1 N–H and O–H groups in total. The zero-order valence-corrected chi connectivity index (χ0v) is 10.0. The number of H-pyrrole nitrogens is 1. The molecule has 0 aliphatic carbocycles. The lowest BCUT2D eigenvalue weighted by Gasteiger charge is -2.13. The predicted octanol–water partition coefficient (Wildman–Crippen LogP) is 2.45. The van der Waals surface area contributed by atoms with Gasteiger partial charge in [-0.2, -0.15) is 15.4 Å². The number of rotatable bonds is 5. The Labute approximate surface area is 104 Å². The number of aromatic nitrogens is 3. The lowest BCUT2D eigenvalue weighted by molar-refractivity contribution is -0.384. The zero-order valence-electron chi connectivity index (χ0n) is 10.0. The Morgan fingerprint density at radius 1 is 1.39 bits per heavy atom. The van der Waals surface area contributed by atoms with Crippen LogP contribution in [0, 0.1) is 10.1 Å². The minimum atomic E-state index is -0.387. The van der Waals surface area contributed by atoms with Crippen molar-refractivity contribution >= 4 is 5.69 Å². The molecule has 0 aliphatic heterocycles. The molecule has 6 heteroatoms. The SMILES string of the molecule is CCC(Cc1cn[nH]n1)c1ccc([N+](=O)[O-])cc1. The third-order valence-electron chi connectivity index (χ3n) is 2.99. The fourth-order valence-corrected chi connectivity index (χ4v) is 1.94. The monoisotopic (exact) mass is 246 g/mol. The van der Waals surface area contributed by atoms with Gasteiger partial charge in [0.05, 0.1) is 16.8 Å². The Kier molecular flexibility index (Phi) is 3.66. The van der Waals surface area contributed by atoms with Gasteiger partial charge in [-0.05, 0) is 24.3 Å². The van der Waals surface area contributed by atoms with E-state index in [1.54, 1.807) is 18.3 Å². The molecule has 0 fully saturated rings. The summed E-state index contributed by atoms with van der Waals surface area (Å²) in [5, 5.41) is 21.0. The van der Waals surface area contributed by atoms with Gasteiger partial charge in [0.25, 0.3) is 5.69 Å². The van der Waals surface area contributed by atoms with Gasteiger partial charge in [0, 0.05) is 12.1 Å². The van der Waals surface area contributed by atoms with E-state index in [1.165, 1.54) is 0 Å². The van der Waals surface area contributed by atoms with Crippen molar-refractivity contribution < 1.29 is 4.92 Å². The third kappa shape index (κ3) is 2.71. The first kappa shape index (κ1) is 12.2. The van der Waals surface area contributed by atoms with Crippen molar-refractivity contribution in [1.82, 2.24) is 15.4 Å². The second-order valence-electron chi connectivity index (χ2n) is 4.12. The highest BCUT2D eigenvalue weighted by Gasteiger charge is 2.13. The van der Waals surface area contributed by atoms with Crippen molar-refractivity contribution in [1.29, 1.82) is 0 Å². The number of nitro benzene ring substituents is 1. The Hall–Kier alpha value is -2.24. The van der Waals surface area contributed by atoms with Crippen molar-refractivity contribution in [2.24, 2.45) is 0 Å². The standard InChI is InChI=1S/C12H14N4O2/c1-2-9(7-11-8-13-15-14-11)10-3-5-12(6-4-10)16(17)18/h3-6,8-9H,2,7H2,1H3,(H,13,14,15). The van der Waals surface area contributed by atoms with E-state index in [0.717, 1.165) is 24.1 Å². The van der Waals surface area contributed by atoms with Crippen LogP contribution in [0.2, 0.25) is 0 Å². The average molecular weight is 246 g/mol. The Balaban J connectivity index is 2.14. The van der Waals surface area contributed by atoms with Crippen LogP contribution in [0.4, 0.5) is 5.69 Å². The second kappa shape index (κ2) is 5.39. The predicted molar refractivity (Wildman–Crippen MR) is 66.2 cm³/mol. The highest BCUT2D eigenvalue weighted by Crippen LogP contribution is 2.25. The molecule has 0 aliphatic rings. The molecule has 0 amide bonds. The highest BCUT2D eigenvalue weighted by atomic mass is 16.6. The maximum atomic E-state index is 10.6. The molecule has 6 nitrogen and oxygen atoms in total. The molecule has 0 saturated carbocycles. The molecule has 1 aromatic heterocycles. The van der Waals surface area contributed by atoms with Crippen molar-refractivity contribution in [3.05, 3.63) is 51.8 Å². The molecule has 18 heavy (non-hydrogen) atoms. The quantitative estimate of drug-likeness (QED) is 0.648. The first-order valence-corrected chi connectivity index (χ1v) is 5.79. The van der Waals surface area contributed by atoms with Gasteiger partial charge < -0.3 is 0 Å². The van der Waals surface area contributed by atoms with E-state index >= 15 is 0 Å². The lowest BCUT2D eigenvalue weighted by atomic mass is 9.92. The van der Waals surface area contributed by atoms with Gasteiger partial charge in [-0.3, -0.25) is 10.1 Å². The number of aromatic amines is 1. The van der Waals surface area contributed by atoms with Crippen LogP contribution in [0.25, 0.3) is 0 Å². The molecule has 1 unspecified atom stereocenters. The summed E-state index contributed by atoms with van der Waals surface area (Å²) >= 11 is 0. The second-order valence-corrected chi connectivity index (χ2v) is 4.12. The molecule has 1 atom stereocenters. The fourth-order valence-electron chi connectivity index (χ4n) is 1.94. The normalized spacial score (nSPS) is 12.3. The van der Waals surface area contributed by atoms with Crippen LogP contribution in [0.15, 0.2) is 30.5 Å². The molecular weight excluding hydrogens is 232 g/mol. The van der Waals surface area contributed by atoms with Crippen LogP contribution in [-0.4, -0.2) is 20.3 Å². The molecule has 0 radical (unpaired) electrons. The van der Waals surface area contributed by atoms with E-state index in [-0.39, 0.29) is 10.6 Å². The number of nitrogens with zero attached hydrogens (tertiary/aromatic N) is 3. The van der Waals surface area contributed by atoms with Crippen LogP contribution in [0.5, 0.6) is 0 Å². The maximum absolute atomic E-state index is 10.6. The summed E-state index contributed by atoms with van der Waals surface area (Å²) in [5.41, 5.74) is 2.11. The summed E-state index contributed by atoms with van der Waals surface area (Å²) in [7, 11) is 0. The smallest absolute Gasteiger partial charge is 0.258 e. The van der Waals surface area contributed by atoms with Crippen LogP contribution in [0.1, 0.15) is 30.5 Å². The van der Waals surface area contributed by atoms with E-state index in [1.807, 2.05) is 12.1 Å². The number of nitro groups is 1. The van der Waals surface area contributed by atoms with E-state index < -0.39 is 0 Å².